The van der Waals surface area contributed by atoms with Gasteiger partial charge in [0.15, 0.2) is 0 Å². The minimum absolute atomic E-state index is 0.00600. The van der Waals surface area contributed by atoms with Crippen molar-refractivity contribution in [3.63, 3.8) is 0 Å². The van der Waals surface area contributed by atoms with Gasteiger partial charge in [-0.3, -0.25) is 25.0 Å². The highest BCUT2D eigenvalue weighted by Gasteiger charge is 2.26. The number of aromatic carboxylic acids is 1. The maximum atomic E-state index is 13.8. The maximum Gasteiger partial charge on any atom is 0.336 e. The van der Waals surface area contributed by atoms with Crippen molar-refractivity contribution in [1.82, 2.24) is 4.90 Å². The molecule has 0 aliphatic carbocycles. The smallest absolute Gasteiger partial charge is 0.336 e. The molecule has 0 saturated carbocycles. The van der Waals surface area contributed by atoms with E-state index in [1.807, 2.05) is 0 Å². The Kier molecular flexibility index (Phi) is 12.5. The molecule has 2 aromatic rings. The number of carboxylic acid groups (broad SMARTS) is 1. The minimum atomic E-state index is -1.46. The number of carbonyl (C=O) groups excluding carboxylic acids is 1. The highest BCUT2D eigenvalue weighted by Crippen LogP contribution is 2.33. The second kappa shape index (κ2) is 16.3. The Labute approximate surface area is 234 Å². The lowest BCUT2D eigenvalue weighted by molar-refractivity contribution is -0.385. The van der Waals surface area contributed by atoms with E-state index in [0.29, 0.717) is 39.6 Å². The molecule has 1 aliphatic heterocycles. The molecule has 222 valence electrons. The van der Waals surface area contributed by atoms with Gasteiger partial charge in [0.05, 0.1) is 87.0 Å². The first kappa shape index (κ1) is 31.5. The van der Waals surface area contributed by atoms with Crippen molar-refractivity contribution >= 4 is 23.3 Å². The fourth-order valence-electron chi connectivity index (χ4n) is 3.93. The molecule has 15 nitrogen and oxygen atoms in total. The molecule has 0 radical (unpaired) electrons. The molecule has 0 atom stereocenters. The van der Waals surface area contributed by atoms with Crippen LogP contribution in [0.1, 0.15) is 20.7 Å². The monoisotopic (exact) mass is 577 g/mol. The van der Waals surface area contributed by atoms with E-state index in [-0.39, 0.29) is 61.9 Å². The Bertz CT molecular complexity index is 1200. The van der Waals surface area contributed by atoms with Crippen LogP contribution in [0.5, 0.6) is 0 Å². The summed E-state index contributed by atoms with van der Waals surface area (Å²) in [7, 11) is 0. The van der Waals surface area contributed by atoms with Crippen molar-refractivity contribution < 1.29 is 48.2 Å². The van der Waals surface area contributed by atoms with Gasteiger partial charge in [-0.25, -0.2) is 4.79 Å². The molecule has 1 aliphatic rings. The number of nitrogens with zero attached hydrogens (tertiary/aromatic N) is 3. The van der Waals surface area contributed by atoms with E-state index in [0.717, 1.165) is 24.3 Å². The lowest BCUT2D eigenvalue weighted by Gasteiger charge is -2.24. The molecule has 2 aromatic carbocycles. The Hall–Kier alpha value is -4.02. The first-order chi connectivity index (χ1) is 19.8. The zero-order chi connectivity index (χ0) is 29.6. The van der Waals surface area contributed by atoms with E-state index < -0.39 is 33.0 Å². The van der Waals surface area contributed by atoms with Crippen molar-refractivity contribution in [3.05, 3.63) is 67.8 Å². The van der Waals surface area contributed by atoms with Crippen molar-refractivity contribution in [1.29, 1.82) is 0 Å². The highest BCUT2D eigenvalue weighted by molar-refractivity contribution is 6.05. The summed E-state index contributed by atoms with van der Waals surface area (Å²) in [5, 5.41) is 32.5. The number of non-ortho nitro benzene ring substituents is 2. The average molecular weight is 578 g/mol. The molecule has 1 heterocycles. The first-order valence-electron chi connectivity index (χ1n) is 12.8. The van der Waals surface area contributed by atoms with Crippen molar-refractivity contribution in [2.24, 2.45) is 0 Å². The van der Waals surface area contributed by atoms with Gasteiger partial charge in [0.1, 0.15) is 0 Å². The third-order valence-electron chi connectivity index (χ3n) is 5.97. The summed E-state index contributed by atoms with van der Waals surface area (Å²) >= 11 is 0. The Morgan fingerprint density at radius 1 is 0.634 bits per heavy atom. The second-order valence-electron chi connectivity index (χ2n) is 8.63. The highest BCUT2D eigenvalue weighted by atomic mass is 16.6. The summed E-state index contributed by atoms with van der Waals surface area (Å²) < 4.78 is 27.4. The number of amides is 1. The van der Waals surface area contributed by atoms with Crippen molar-refractivity contribution in [2.45, 2.75) is 0 Å². The van der Waals surface area contributed by atoms with Gasteiger partial charge < -0.3 is 33.7 Å². The summed E-state index contributed by atoms with van der Waals surface area (Å²) in [4.78, 5) is 48.6. The number of hydrogen-bond acceptors (Lipinski definition) is 11. The Morgan fingerprint density at radius 2 is 1.00 bits per heavy atom. The topological polar surface area (TPSA) is 190 Å². The fourth-order valence-corrected chi connectivity index (χ4v) is 3.93. The van der Waals surface area contributed by atoms with Gasteiger partial charge in [0.25, 0.3) is 17.3 Å². The summed E-state index contributed by atoms with van der Waals surface area (Å²) in [6.45, 7) is 3.15. The molecule has 0 aromatic heterocycles. The first-order valence-corrected chi connectivity index (χ1v) is 12.8. The average Bonchev–Trinajstić information content (AvgIpc) is 2.96. The van der Waals surface area contributed by atoms with E-state index in [1.165, 1.54) is 17.0 Å². The van der Waals surface area contributed by atoms with Crippen LogP contribution in [-0.4, -0.2) is 111 Å². The quantitative estimate of drug-likeness (QED) is 0.404. The van der Waals surface area contributed by atoms with Crippen molar-refractivity contribution in [3.8, 4) is 11.1 Å². The van der Waals surface area contributed by atoms with Gasteiger partial charge in [0, 0.05) is 37.4 Å². The van der Waals surface area contributed by atoms with Crippen LogP contribution in [0.4, 0.5) is 11.4 Å². The van der Waals surface area contributed by atoms with Crippen LogP contribution in [0.3, 0.4) is 0 Å². The normalized spacial score (nSPS) is 16.7. The van der Waals surface area contributed by atoms with Crippen LogP contribution in [0.25, 0.3) is 11.1 Å². The zero-order valence-electron chi connectivity index (χ0n) is 22.2. The zero-order valence-corrected chi connectivity index (χ0v) is 22.2. The van der Waals surface area contributed by atoms with Crippen LogP contribution in [-0.2, 0) is 23.7 Å². The lowest BCUT2D eigenvalue weighted by Crippen LogP contribution is -2.37. The molecule has 1 fully saturated rings. The molecule has 0 bridgehead atoms. The van der Waals surface area contributed by atoms with Crippen molar-refractivity contribution in [2.75, 3.05) is 79.2 Å². The molecular formula is C26H31N3O12. The van der Waals surface area contributed by atoms with Gasteiger partial charge in [-0.15, -0.1) is 0 Å². The summed E-state index contributed by atoms with van der Waals surface area (Å²) in [5.74, 6) is -2.10. The lowest BCUT2D eigenvalue weighted by atomic mass is 9.93. The SMILES string of the molecule is O=C(O)c1cc([N+](=O)[O-])ccc1-c1ccc([N+](=O)[O-])cc1C(=O)N1CCOCCOCCOCCOCCOCC1. The molecule has 1 N–H and O–H groups in total. The summed E-state index contributed by atoms with van der Waals surface area (Å²) in [6, 6.07) is 6.63. The second-order valence-corrected chi connectivity index (χ2v) is 8.63. The number of hydrogen-bond donors (Lipinski definition) is 1. The predicted octanol–water partition coefficient (Wildman–Crippen LogP) is 2.41. The molecule has 41 heavy (non-hydrogen) atoms. The number of nitro benzene ring substituents is 2. The molecule has 15 heteroatoms. The van der Waals surface area contributed by atoms with E-state index >= 15 is 0 Å². The summed E-state index contributed by atoms with van der Waals surface area (Å²) in [5.41, 5.74) is -1.36. The third kappa shape index (κ3) is 9.54. The molecule has 1 amide bonds. The third-order valence-corrected chi connectivity index (χ3v) is 5.97. The number of carboxylic acids is 1. The van der Waals surface area contributed by atoms with Gasteiger partial charge in [-0.1, -0.05) is 0 Å². The van der Waals surface area contributed by atoms with E-state index in [2.05, 4.69) is 0 Å². The number of rotatable bonds is 5. The Morgan fingerprint density at radius 3 is 1.39 bits per heavy atom. The number of nitro groups is 2. The van der Waals surface area contributed by atoms with E-state index in [1.54, 1.807) is 0 Å². The van der Waals surface area contributed by atoms with Crippen LogP contribution >= 0.6 is 0 Å². The maximum absolute atomic E-state index is 13.8. The molecular weight excluding hydrogens is 546 g/mol. The molecule has 0 spiro atoms. The number of ether oxygens (including phenoxy) is 5. The predicted molar refractivity (Wildman–Crippen MR) is 142 cm³/mol. The van der Waals surface area contributed by atoms with Crippen LogP contribution in [0.15, 0.2) is 36.4 Å². The van der Waals surface area contributed by atoms with Crippen LogP contribution < -0.4 is 0 Å². The molecule has 3 rings (SSSR count). The van der Waals surface area contributed by atoms with Gasteiger partial charge >= 0.3 is 5.97 Å². The summed E-state index contributed by atoms with van der Waals surface area (Å²) in [6.07, 6.45) is 0. The largest absolute Gasteiger partial charge is 0.478 e. The fraction of sp³-hybridized carbons (Fsp3) is 0.462. The van der Waals surface area contributed by atoms with Gasteiger partial charge in [-0.05, 0) is 23.3 Å². The molecule has 0 unspecified atom stereocenters. The minimum Gasteiger partial charge on any atom is -0.478 e. The number of benzene rings is 2. The van der Waals surface area contributed by atoms with Gasteiger partial charge in [-0.2, -0.15) is 0 Å². The Balaban J connectivity index is 1.91. The van der Waals surface area contributed by atoms with Crippen LogP contribution in [0, 0.1) is 20.2 Å². The standard InChI is InChI=1S/C26H31N3O12/c30-25(27-5-7-37-9-11-39-13-15-41-16-14-40-12-10-38-8-6-27)23-17-19(28(33)34)1-3-21(23)22-4-2-20(29(35)36)18-24(22)26(31)32/h1-4,17-18H,5-16H2,(H,31,32). The van der Waals surface area contributed by atoms with E-state index in [4.69, 9.17) is 23.7 Å². The number of carbonyl (C=O) groups is 2. The van der Waals surface area contributed by atoms with E-state index in [9.17, 15) is 34.9 Å². The molecule has 1 saturated heterocycles. The van der Waals surface area contributed by atoms with Crippen LogP contribution in [0.2, 0.25) is 0 Å². The van der Waals surface area contributed by atoms with Gasteiger partial charge in [0.2, 0.25) is 0 Å².